The highest BCUT2D eigenvalue weighted by Gasteiger charge is 2.37. The monoisotopic (exact) mass is 297 g/mol. The molecule has 114 valence electrons. The Balaban J connectivity index is 1.38. The molecule has 2 aliphatic heterocycles. The highest BCUT2D eigenvalue weighted by molar-refractivity contribution is 5.95. The van der Waals surface area contributed by atoms with Crippen LogP contribution in [0.1, 0.15) is 27.2 Å². The third kappa shape index (κ3) is 2.22. The molecule has 1 aromatic carbocycles. The van der Waals surface area contributed by atoms with Gasteiger partial charge >= 0.3 is 0 Å². The van der Waals surface area contributed by atoms with Crippen LogP contribution in [0, 0.1) is 6.92 Å². The van der Waals surface area contributed by atoms with Gasteiger partial charge in [0.2, 0.25) is 0 Å². The number of amides is 1. The van der Waals surface area contributed by atoms with E-state index in [1.807, 2.05) is 4.90 Å². The van der Waals surface area contributed by atoms with E-state index in [2.05, 4.69) is 34.3 Å². The Labute approximate surface area is 129 Å². The molecule has 0 bridgehead atoms. The van der Waals surface area contributed by atoms with Gasteiger partial charge < -0.3 is 9.42 Å². The molecule has 0 unspecified atom stereocenters. The second-order valence-corrected chi connectivity index (χ2v) is 6.15. The van der Waals surface area contributed by atoms with Gasteiger partial charge in [0.15, 0.2) is 0 Å². The van der Waals surface area contributed by atoms with Gasteiger partial charge in [0.1, 0.15) is 11.3 Å². The van der Waals surface area contributed by atoms with Crippen LogP contribution in [0.5, 0.6) is 0 Å². The van der Waals surface area contributed by atoms with E-state index in [9.17, 15) is 4.79 Å². The molecule has 0 radical (unpaired) electrons. The van der Waals surface area contributed by atoms with Crippen LogP contribution in [0.15, 0.2) is 35.0 Å². The van der Waals surface area contributed by atoms with E-state index in [1.165, 1.54) is 17.3 Å². The predicted octanol–water partition coefficient (Wildman–Crippen LogP) is 1.87. The van der Waals surface area contributed by atoms with Crippen LogP contribution in [0.3, 0.4) is 0 Å². The number of aromatic nitrogens is 1. The molecule has 0 saturated carbocycles. The van der Waals surface area contributed by atoms with Crippen molar-refractivity contribution in [3.8, 4) is 0 Å². The minimum atomic E-state index is 0.0346. The van der Waals surface area contributed by atoms with E-state index in [1.54, 1.807) is 6.92 Å². The second-order valence-electron chi connectivity index (χ2n) is 6.15. The predicted molar refractivity (Wildman–Crippen MR) is 81.5 cm³/mol. The van der Waals surface area contributed by atoms with Crippen molar-refractivity contribution in [2.24, 2.45) is 0 Å². The first kappa shape index (κ1) is 13.5. The zero-order valence-electron chi connectivity index (χ0n) is 12.7. The van der Waals surface area contributed by atoms with Crippen molar-refractivity contribution in [3.63, 3.8) is 0 Å². The van der Waals surface area contributed by atoms with Crippen molar-refractivity contribution in [2.75, 3.05) is 19.6 Å². The number of fused-ring (bicyclic) bond motifs is 1. The van der Waals surface area contributed by atoms with Crippen LogP contribution in [0.2, 0.25) is 0 Å². The van der Waals surface area contributed by atoms with Gasteiger partial charge in [0.25, 0.3) is 5.91 Å². The number of aryl methyl sites for hydroxylation is 1. The Morgan fingerprint density at radius 1 is 1.27 bits per heavy atom. The zero-order valence-corrected chi connectivity index (χ0v) is 12.7. The Bertz CT molecular complexity index is 703. The average Bonchev–Trinajstić information content (AvgIpc) is 2.91. The molecular weight excluding hydrogens is 278 g/mol. The molecule has 1 saturated heterocycles. The molecule has 2 aliphatic rings. The number of benzene rings is 1. The maximum Gasteiger partial charge on any atom is 0.259 e. The van der Waals surface area contributed by atoms with Gasteiger partial charge in [0, 0.05) is 32.2 Å². The number of carbonyl (C=O) groups excluding carboxylic acids is 1. The average molecular weight is 297 g/mol. The molecule has 0 N–H and O–H groups in total. The van der Waals surface area contributed by atoms with Gasteiger partial charge in [-0.25, -0.2) is 0 Å². The van der Waals surface area contributed by atoms with E-state index < -0.39 is 0 Å². The smallest absolute Gasteiger partial charge is 0.259 e. The van der Waals surface area contributed by atoms with Crippen molar-refractivity contribution < 1.29 is 9.32 Å². The molecule has 5 heteroatoms. The minimum Gasteiger partial charge on any atom is -0.361 e. The standard InChI is InChI=1S/C17H19N3O2/c1-12-16(8-18-22-12)17(21)20-10-15(11-20)19-7-6-13-4-2-3-5-14(13)9-19/h2-5,8,15H,6-7,9-11H2,1H3. The van der Waals surface area contributed by atoms with E-state index >= 15 is 0 Å². The summed E-state index contributed by atoms with van der Waals surface area (Å²) in [7, 11) is 0. The van der Waals surface area contributed by atoms with Gasteiger partial charge in [-0.2, -0.15) is 0 Å². The lowest BCUT2D eigenvalue weighted by molar-refractivity contribution is 0.0217. The van der Waals surface area contributed by atoms with Crippen LogP contribution >= 0.6 is 0 Å². The molecule has 1 aromatic heterocycles. The van der Waals surface area contributed by atoms with E-state index in [4.69, 9.17) is 4.52 Å². The Morgan fingerprint density at radius 2 is 2.05 bits per heavy atom. The van der Waals surface area contributed by atoms with Gasteiger partial charge in [-0.05, 0) is 24.5 Å². The lowest BCUT2D eigenvalue weighted by atomic mass is 9.96. The third-order valence-corrected chi connectivity index (χ3v) is 4.81. The first-order valence-corrected chi connectivity index (χ1v) is 7.74. The molecule has 1 fully saturated rings. The summed E-state index contributed by atoms with van der Waals surface area (Å²) in [6, 6.07) is 9.12. The number of rotatable bonds is 2. The number of carbonyl (C=O) groups is 1. The summed E-state index contributed by atoms with van der Waals surface area (Å²) in [5.74, 6) is 0.632. The molecule has 4 rings (SSSR count). The highest BCUT2D eigenvalue weighted by Crippen LogP contribution is 2.25. The van der Waals surface area contributed by atoms with Crippen LogP contribution < -0.4 is 0 Å². The van der Waals surface area contributed by atoms with Gasteiger partial charge in [0.05, 0.1) is 6.20 Å². The fourth-order valence-corrected chi connectivity index (χ4v) is 3.36. The molecule has 0 aliphatic carbocycles. The van der Waals surface area contributed by atoms with Crippen LogP contribution in [0.4, 0.5) is 0 Å². The summed E-state index contributed by atoms with van der Waals surface area (Å²) in [5, 5.41) is 3.68. The topological polar surface area (TPSA) is 49.6 Å². The van der Waals surface area contributed by atoms with Crippen molar-refractivity contribution in [1.29, 1.82) is 0 Å². The number of nitrogens with zero attached hydrogens (tertiary/aromatic N) is 3. The number of likely N-dealkylation sites (tertiary alicyclic amines) is 1. The first-order chi connectivity index (χ1) is 10.7. The fraction of sp³-hybridized carbons (Fsp3) is 0.412. The van der Waals surface area contributed by atoms with Crippen molar-refractivity contribution in [3.05, 3.63) is 52.9 Å². The van der Waals surface area contributed by atoms with Crippen LogP contribution in [-0.2, 0) is 13.0 Å². The number of hydrogen-bond acceptors (Lipinski definition) is 4. The van der Waals surface area contributed by atoms with E-state index in [0.29, 0.717) is 17.4 Å². The van der Waals surface area contributed by atoms with Crippen molar-refractivity contribution in [2.45, 2.75) is 25.9 Å². The summed E-state index contributed by atoms with van der Waals surface area (Å²) in [4.78, 5) is 16.7. The minimum absolute atomic E-state index is 0.0346. The van der Waals surface area contributed by atoms with Crippen LogP contribution in [0.25, 0.3) is 0 Å². The summed E-state index contributed by atoms with van der Waals surface area (Å²) < 4.78 is 4.98. The first-order valence-electron chi connectivity index (χ1n) is 7.74. The molecule has 22 heavy (non-hydrogen) atoms. The van der Waals surface area contributed by atoms with Gasteiger partial charge in [-0.1, -0.05) is 29.4 Å². The molecule has 0 spiro atoms. The van der Waals surface area contributed by atoms with Crippen molar-refractivity contribution >= 4 is 5.91 Å². The lowest BCUT2D eigenvalue weighted by Gasteiger charge is -2.46. The normalized spacial score (nSPS) is 18.9. The third-order valence-electron chi connectivity index (χ3n) is 4.81. The molecule has 2 aromatic rings. The summed E-state index contributed by atoms with van der Waals surface area (Å²) in [6.07, 6.45) is 2.62. The Hall–Kier alpha value is -2.14. The molecule has 0 atom stereocenters. The van der Waals surface area contributed by atoms with Gasteiger partial charge in [-0.3, -0.25) is 9.69 Å². The molecular formula is C17H19N3O2. The number of hydrogen-bond donors (Lipinski definition) is 0. The molecule has 3 heterocycles. The molecule has 1 amide bonds. The maximum absolute atomic E-state index is 12.3. The molecule has 5 nitrogen and oxygen atoms in total. The van der Waals surface area contributed by atoms with E-state index in [-0.39, 0.29) is 5.91 Å². The van der Waals surface area contributed by atoms with Crippen molar-refractivity contribution in [1.82, 2.24) is 15.0 Å². The lowest BCUT2D eigenvalue weighted by Crippen LogP contribution is -2.61. The fourth-order valence-electron chi connectivity index (χ4n) is 3.36. The summed E-state index contributed by atoms with van der Waals surface area (Å²) in [5.41, 5.74) is 3.47. The Morgan fingerprint density at radius 3 is 2.77 bits per heavy atom. The quantitative estimate of drug-likeness (QED) is 0.849. The summed E-state index contributed by atoms with van der Waals surface area (Å²) in [6.45, 7) is 5.45. The van der Waals surface area contributed by atoms with Gasteiger partial charge in [-0.15, -0.1) is 0 Å². The SMILES string of the molecule is Cc1oncc1C(=O)N1CC(N2CCc3ccccc3C2)C1. The van der Waals surface area contributed by atoms with Crippen LogP contribution in [-0.4, -0.2) is 46.5 Å². The maximum atomic E-state index is 12.3. The second kappa shape index (κ2) is 5.25. The highest BCUT2D eigenvalue weighted by atomic mass is 16.5. The largest absolute Gasteiger partial charge is 0.361 e. The van der Waals surface area contributed by atoms with E-state index in [0.717, 1.165) is 32.6 Å². The zero-order chi connectivity index (χ0) is 15.1. The Kier molecular flexibility index (Phi) is 3.22. The summed E-state index contributed by atoms with van der Waals surface area (Å²) >= 11 is 0.